The Morgan fingerprint density at radius 3 is 2.71 bits per heavy atom. The molecule has 76 valence electrons. The van der Waals surface area contributed by atoms with Crippen LogP contribution in [-0.2, 0) is 0 Å². The van der Waals surface area contributed by atoms with E-state index in [4.69, 9.17) is 5.73 Å². The molecular formula is C10H11I2NO. The van der Waals surface area contributed by atoms with Gasteiger partial charge in [-0.1, -0.05) is 6.08 Å². The van der Waals surface area contributed by atoms with E-state index in [-0.39, 0.29) is 6.04 Å². The molecule has 0 fully saturated rings. The van der Waals surface area contributed by atoms with Gasteiger partial charge in [0.05, 0.1) is 3.57 Å². The fourth-order valence-corrected chi connectivity index (χ4v) is 3.06. The second kappa shape index (κ2) is 5.32. The Labute approximate surface area is 111 Å². The average molecular weight is 415 g/mol. The van der Waals surface area contributed by atoms with Gasteiger partial charge in [-0.15, -0.1) is 6.58 Å². The lowest BCUT2D eigenvalue weighted by atomic mass is 10.0. The minimum Gasteiger partial charge on any atom is -0.506 e. The first-order valence-corrected chi connectivity index (χ1v) is 6.26. The van der Waals surface area contributed by atoms with Gasteiger partial charge in [0.2, 0.25) is 0 Å². The number of hydrogen-bond donors (Lipinski definition) is 2. The van der Waals surface area contributed by atoms with E-state index in [2.05, 4.69) is 51.8 Å². The molecule has 0 amide bonds. The standard InChI is InChI=1S/C10H11I2NO/c1-2-3-9(13)7-4-6(11)5-8(12)10(7)14/h2,4-5,9,14H,1,3,13H2/t9-/m1/s1. The lowest BCUT2D eigenvalue weighted by Gasteiger charge is -2.13. The van der Waals surface area contributed by atoms with Crippen LogP contribution in [0, 0.1) is 7.14 Å². The summed E-state index contributed by atoms with van der Waals surface area (Å²) in [5.74, 6) is 0.292. The highest BCUT2D eigenvalue weighted by molar-refractivity contribution is 14.1. The second-order valence-corrected chi connectivity index (χ2v) is 5.36. The van der Waals surface area contributed by atoms with Gasteiger partial charge in [-0.3, -0.25) is 0 Å². The molecule has 4 heteroatoms. The first kappa shape index (κ1) is 12.3. The van der Waals surface area contributed by atoms with Crippen LogP contribution >= 0.6 is 45.2 Å². The summed E-state index contributed by atoms with van der Waals surface area (Å²) in [4.78, 5) is 0. The van der Waals surface area contributed by atoms with E-state index in [0.29, 0.717) is 12.2 Å². The summed E-state index contributed by atoms with van der Waals surface area (Å²) in [5.41, 5.74) is 6.70. The van der Waals surface area contributed by atoms with Gasteiger partial charge in [0, 0.05) is 15.2 Å². The number of phenolic OH excluding ortho intramolecular Hbond substituents is 1. The van der Waals surface area contributed by atoms with Crippen LogP contribution in [0.1, 0.15) is 18.0 Å². The van der Waals surface area contributed by atoms with Crippen molar-refractivity contribution in [2.24, 2.45) is 5.73 Å². The normalized spacial score (nSPS) is 12.5. The maximum Gasteiger partial charge on any atom is 0.133 e. The van der Waals surface area contributed by atoms with Crippen LogP contribution in [0.5, 0.6) is 5.75 Å². The van der Waals surface area contributed by atoms with Crippen LogP contribution in [0.4, 0.5) is 0 Å². The minimum atomic E-state index is -0.171. The van der Waals surface area contributed by atoms with Crippen molar-refractivity contribution in [1.29, 1.82) is 0 Å². The van der Waals surface area contributed by atoms with Crippen molar-refractivity contribution in [1.82, 2.24) is 0 Å². The molecule has 0 unspecified atom stereocenters. The Morgan fingerprint density at radius 1 is 1.50 bits per heavy atom. The number of benzene rings is 1. The van der Waals surface area contributed by atoms with Crippen LogP contribution < -0.4 is 5.73 Å². The smallest absolute Gasteiger partial charge is 0.133 e. The van der Waals surface area contributed by atoms with E-state index < -0.39 is 0 Å². The SMILES string of the molecule is C=CC[C@@H](N)c1cc(I)cc(I)c1O. The molecule has 0 aromatic heterocycles. The van der Waals surface area contributed by atoms with Crippen molar-refractivity contribution < 1.29 is 5.11 Å². The predicted octanol–water partition coefficient (Wildman–Crippen LogP) is 3.18. The Morgan fingerprint density at radius 2 is 2.14 bits per heavy atom. The number of rotatable bonds is 3. The Hall–Kier alpha value is 0.180. The van der Waals surface area contributed by atoms with Crippen LogP contribution in [-0.4, -0.2) is 5.11 Å². The van der Waals surface area contributed by atoms with Gasteiger partial charge in [-0.2, -0.15) is 0 Å². The van der Waals surface area contributed by atoms with Crippen molar-refractivity contribution in [2.75, 3.05) is 0 Å². The first-order chi connectivity index (χ1) is 6.56. The van der Waals surface area contributed by atoms with Gasteiger partial charge >= 0.3 is 0 Å². The van der Waals surface area contributed by atoms with Gasteiger partial charge in [-0.05, 0) is 63.7 Å². The molecule has 0 aliphatic heterocycles. The van der Waals surface area contributed by atoms with Crippen molar-refractivity contribution in [3.63, 3.8) is 0 Å². The monoisotopic (exact) mass is 415 g/mol. The maximum atomic E-state index is 9.79. The third-order valence-electron chi connectivity index (χ3n) is 1.88. The lowest BCUT2D eigenvalue weighted by Crippen LogP contribution is -2.10. The van der Waals surface area contributed by atoms with Crippen LogP contribution in [0.25, 0.3) is 0 Å². The topological polar surface area (TPSA) is 46.2 Å². The third kappa shape index (κ3) is 2.83. The number of halogens is 2. The molecule has 0 aliphatic rings. The summed E-state index contributed by atoms with van der Waals surface area (Å²) in [6.07, 6.45) is 2.43. The van der Waals surface area contributed by atoms with Gasteiger partial charge in [-0.25, -0.2) is 0 Å². The van der Waals surface area contributed by atoms with Gasteiger partial charge < -0.3 is 10.8 Å². The third-order valence-corrected chi connectivity index (χ3v) is 3.32. The van der Waals surface area contributed by atoms with Crippen LogP contribution in [0.3, 0.4) is 0 Å². The number of hydrogen-bond acceptors (Lipinski definition) is 2. The summed E-state index contributed by atoms with van der Waals surface area (Å²) >= 11 is 4.31. The summed E-state index contributed by atoms with van der Waals surface area (Å²) in [5, 5.41) is 9.79. The number of phenols is 1. The Balaban J connectivity index is 3.12. The Bertz CT molecular complexity index is 352. The van der Waals surface area contributed by atoms with E-state index in [9.17, 15) is 5.11 Å². The second-order valence-electron chi connectivity index (χ2n) is 2.96. The van der Waals surface area contributed by atoms with E-state index in [0.717, 1.165) is 12.7 Å². The molecule has 1 atom stereocenters. The zero-order valence-corrected chi connectivity index (χ0v) is 11.8. The minimum absolute atomic E-state index is 0.171. The fraction of sp³-hybridized carbons (Fsp3) is 0.200. The zero-order valence-electron chi connectivity index (χ0n) is 7.50. The predicted molar refractivity (Wildman–Crippen MR) is 75.3 cm³/mol. The van der Waals surface area contributed by atoms with E-state index >= 15 is 0 Å². The molecule has 1 aromatic carbocycles. The molecule has 1 rings (SSSR count). The van der Waals surface area contributed by atoms with E-state index in [1.807, 2.05) is 12.1 Å². The molecule has 0 radical (unpaired) electrons. The quantitative estimate of drug-likeness (QED) is 0.589. The van der Waals surface area contributed by atoms with Gasteiger partial charge in [0.15, 0.2) is 0 Å². The molecule has 0 saturated carbocycles. The average Bonchev–Trinajstić information content (AvgIpc) is 2.11. The van der Waals surface area contributed by atoms with Crippen LogP contribution in [0.15, 0.2) is 24.8 Å². The maximum absolute atomic E-state index is 9.79. The number of aromatic hydroxyl groups is 1. The van der Waals surface area contributed by atoms with Crippen molar-refractivity contribution >= 4 is 45.2 Å². The molecule has 3 N–H and O–H groups in total. The highest BCUT2D eigenvalue weighted by atomic mass is 127. The highest BCUT2D eigenvalue weighted by Crippen LogP contribution is 2.31. The molecule has 14 heavy (non-hydrogen) atoms. The molecule has 0 aliphatic carbocycles. The first-order valence-electron chi connectivity index (χ1n) is 4.10. The van der Waals surface area contributed by atoms with Crippen molar-refractivity contribution in [3.05, 3.63) is 37.5 Å². The molecule has 0 bridgehead atoms. The molecule has 0 spiro atoms. The Kier molecular flexibility index (Phi) is 4.65. The number of nitrogens with two attached hydrogens (primary N) is 1. The fourth-order valence-electron chi connectivity index (χ4n) is 1.18. The van der Waals surface area contributed by atoms with Gasteiger partial charge in [0.25, 0.3) is 0 Å². The summed E-state index contributed by atoms with van der Waals surface area (Å²) in [6, 6.07) is 3.66. The summed E-state index contributed by atoms with van der Waals surface area (Å²) < 4.78 is 1.92. The van der Waals surface area contributed by atoms with E-state index in [1.54, 1.807) is 6.08 Å². The van der Waals surface area contributed by atoms with Crippen molar-refractivity contribution in [2.45, 2.75) is 12.5 Å². The van der Waals surface area contributed by atoms with E-state index in [1.165, 1.54) is 0 Å². The zero-order chi connectivity index (χ0) is 10.7. The largest absolute Gasteiger partial charge is 0.506 e. The highest BCUT2D eigenvalue weighted by Gasteiger charge is 2.12. The lowest BCUT2D eigenvalue weighted by molar-refractivity contribution is 0.457. The van der Waals surface area contributed by atoms with Crippen LogP contribution in [0.2, 0.25) is 0 Å². The molecule has 2 nitrogen and oxygen atoms in total. The molecule has 1 aromatic rings. The molecule has 0 heterocycles. The molecule has 0 saturated heterocycles. The summed E-state index contributed by atoms with van der Waals surface area (Å²) in [6.45, 7) is 3.64. The van der Waals surface area contributed by atoms with Crippen molar-refractivity contribution in [3.8, 4) is 5.75 Å². The van der Waals surface area contributed by atoms with Gasteiger partial charge in [0.1, 0.15) is 5.75 Å². The summed E-state index contributed by atoms with van der Waals surface area (Å²) in [7, 11) is 0. The molecular weight excluding hydrogens is 404 g/mol.